The summed E-state index contributed by atoms with van der Waals surface area (Å²) in [5.74, 6) is 4.45. The zero-order valence-corrected chi connectivity index (χ0v) is 14.5. The lowest BCUT2D eigenvalue weighted by Gasteiger charge is -2.33. The molecule has 1 aromatic rings. The van der Waals surface area contributed by atoms with E-state index in [2.05, 4.69) is 60.4 Å². The minimum absolute atomic E-state index is 0.650. The van der Waals surface area contributed by atoms with Crippen LogP contribution in [0.5, 0.6) is 0 Å². The van der Waals surface area contributed by atoms with Crippen LogP contribution in [-0.2, 0) is 0 Å². The Morgan fingerprint density at radius 1 is 1.19 bits per heavy atom. The Labute approximate surface area is 129 Å². The van der Waals surface area contributed by atoms with Gasteiger partial charge in [-0.05, 0) is 31.9 Å². The minimum Gasteiger partial charge on any atom is -0.353 e. The molecule has 0 aromatic carbocycles. The van der Waals surface area contributed by atoms with Crippen LogP contribution in [0.2, 0.25) is 19.6 Å². The van der Waals surface area contributed by atoms with Crippen LogP contribution in [-0.4, -0.2) is 38.2 Å². The Balaban J connectivity index is 1.79. The van der Waals surface area contributed by atoms with Crippen LogP contribution >= 0.6 is 0 Å². The predicted molar refractivity (Wildman–Crippen MR) is 91.4 cm³/mol. The molecule has 0 amide bonds. The van der Waals surface area contributed by atoms with Crippen molar-refractivity contribution in [2.75, 3.05) is 18.0 Å². The first-order valence-electron chi connectivity index (χ1n) is 7.92. The molecule has 0 saturated carbocycles. The van der Waals surface area contributed by atoms with E-state index in [1.165, 1.54) is 12.8 Å². The van der Waals surface area contributed by atoms with Gasteiger partial charge in [-0.25, -0.2) is 4.98 Å². The highest BCUT2D eigenvalue weighted by Gasteiger charge is 2.32. The molecule has 2 bridgehead atoms. The summed E-state index contributed by atoms with van der Waals surface area (Å²) >= 11 is 0. The topological polar surface area (TPSA) is 28.2 Å². The first-order valence-corrected chi connectivity index (χ1v) is 11.4. The number of nitrogens with one attached hydrogen (secondary N) is 1. The summed E-state index contributed by atoms with van der Waals surface area (Å²) in [6, 6.07) is 5.59. The van der Waals surface area contributed by atoms with E-state index in [1.54, 1.807) is 0 Å². The summed E-state index contributed by atoms with van der Waals surface area (Å²) in [4.78, 5) is 7.24. The number of aryl methyl sites for hydroxylation is 1. The number of aromatic nitrogens is 1. The van der Waals surface area contributed by atoms with E-state index in [4.69, 9.17) is 4.98 Å². The van der Waals surface area contributed by atoms with Gasteiger partial charge in [0.15, 0.2) is 0 Å². The van der Waals surface area contributed by atoms with E-state index < -0.39 is 8.07 Å². The number of piperazine rings is 1. The Kier molecular flexibility index (Phi) is 3.81. The second kappa shape index (κ2) is 5.47. The lowest BCUT2D eigenvalue weighted by Crippen LogP contribution is -2.51. The van der Waals surface area contributed by atoms with Crippen LogP contribution in [0.1, 0.15) is 24.1 Å². The quantitative estimate of drug-likeness (QED) is 0.638. The average molecular weight is 299 g/mol. The van der Waals surface area contributed by atoms with Crippen LogP contribution in [0.15, 0.2) is 12.1 Å². The molecular formula is C17H25N3Si. The fourth-order valence-electron chi connectivity index (χ4n) is 3.09. The number of rotatable bonds is 1. The van der Waals surface area contributed by atoms with Gasteiger partial charge in [0.05, 0.1) is 5.69 Å². The van der Waals surface area contributed by atoms with Crippen LogP contribution < -0.4 is 10.2 Å². The molecule has 2 unspecified atom stereocenters. The van der Waals surface area contributed by atoms with Gasteiger partial charge in [-0.3, -0.25) is 0 Å². The van der Waals surface area contributed by atoms with Crippen molar-refractivity contribution in [3.8, 4) is 11.5 Å². The summed E-state index contributed by atoms with van der Waals surface area (Å²) < 4.78 is 0. The third-order valence-electron chi connectivity index (χ3n) is 4.18. The smallest absolute Gasteiger partial charge is 0.129 e. The van der Waals surface area contributed by atoms with Crippen molar-refractivity contribution < 1.29 is 0 Å². The van der Waals surface area contributed by atoms with Gasteiger partial charge in [0.25, 0.3) is 0 Å². The third kappa shape index (κ3) is 3.48. The molecule has 2 fully saturated rings. The van der Waals surface area contributed by atoms with Gasteiger partial charge in [0.2, 0.25) is 0 Å². The summed E-state index contributed by atoms with van der Waals surface area (Å²) in [7, 11) is -1.33. The maximum absolute atomic E-state index is 4.81. The molecule has 0 radical (unpaired) electrons. The molecule has 1 aromatic heterocycles. The lowest BCUT2D eigenvalue weighted by atomic mass is 10.2. The largest absolute Gasteiger partial charge is 0.353 e. The van der Waals surface area contributed by atoms with Crippen molar-refractivity contribution in [2.45, 2.75) is 51.5 Å². The molecule has 3 rings (SSSR count). The Morgan fingerprint density at radius 3 is 2.43 bits per heavy atom. The van der Waals surface area contributed by atoms with E-state index >= 15 is 0 Å². The number of anilines is 1. The molecule has 0 aliphatic carbocycles. The van der Waals surface area contributed by atoms with Gasteiger partial charge in [-0.2, -0.15) is 0 Å². The number of hydrogen-bond donors (Lipinski definition) is 1. The molecule has 2 atom stereocenters. The van der Waals surface area contributed by atoms with Crippen LogP contribution in [0.3, 0.4) is 0 Å². The van der Waals surface area contributed by atoms with Crippen molar-refractivity contribution in [3.05, 3.63) is 23.4 Å². The Hall–Kier alpha value is -1.31. The van der Waals surface area contributed by atoms with Gasteiger partial charge >= 0.3 is 0 Å². The van der Waals surface area contributed by atoms with Gasteiger partial charge in [0.1, 0.15) is 13.9 Å². The van der Waals surface area contributed by atoms with E-state index in [-0.39, 0.29) is 0 Å². The van der Waals surface area contributed by atoms with E-state index in [0.29, 0.717) is 12.1 Å². The van der Waals surface area contributed by atoms with Crippen LogP contribution in [0.25, 0.3) is 0 Å². The normalized spacial score (nSPS) is 24.7. The fraction of sp³-hybridized carbons (Fsp3) is 0.588. The Bertz CT molecular complexity index is 582. The third-order valence-corrected chi connectivity index (χ3v) is 5.06. The first kappa shape index (κ1) is 14.6. The molecule has 112 valence electrons. The molecule has 3 nitrogen and oxygen atoms in total. The van der Waals surface area contributed by atoms with Crippen LogP contribution in [0, 0.1) is 18.4 Å². The molecule has 2 aliphatic heterocycles. The number of fused-ring (bicyclic) bond motifs is 2. The second-order valence-corrected chi connectivity index (χ2v) is 12.1. The molecule has 0 spiro atoms. The van der Waals surface area contributed by atoms with Crippen molar-refractivity contribution in [1.82, 2.24) is 10.3 Å². The molecule has 21 heavy (non-hydrogen) atoms. The highest BCUT2D eigenvalue weighted by Crippen LogP contribution is 2.24. The zero-order valence-electron chi connectivity index (χ0n) is 13.5. The standard InChI is InChI=1S/C17H25N3Si/c1-13-14(9-10-21(2,3)4)5-8-17(18-13)20-11-15-6-7-16(12-20)19-15/h5,8,15-16,19H,6-7,11-12H2,1-4H3. The average Bonchev–Trinajstić information content (AvgIpc) is 2.75. The van der Waals surface area contributed by atoms with E-state index in [1.807, 2.05) is 0 Å². The molecule has 4 heteroatoms. The van der Waals surface area contributed by atoms with Crippen molar-refractivity contribution in [1.29, 1.82) is 0 Å². The fourth-order valence-corrected chi connectivity index (χ4v) is 3.60. The minimum atomic E-state index is -1.33. The van der Waals surface area contributed by atoms with Crippen LogP contribution in [0.4, 0.5) is 5.82 Å². The van der Waals surface area contributed by atoms with Crippen molar-refractivity contribution in [3.63, 3.8) is 0 Å². The lowest BCUT2D eigenvalue weighted by molar-refractivity contribution is 0.463. The van der Waals surface area contributed by atoms with E-state index in [9.17, 15) is 0 Å². The maximum Gasteiger partial charge on any atom is 0.129 e. The van der Waals surface area contributed by atoms with Crippen molar-refractivity contribution in [2.24, 2.45) is 0 Å². The molecule has 1 N–H and O–H groups in total. The molecule has 3 heterocycles. The van der Waals surface area contributed by atoms with Crippen molar-refractivity contribution >= 4 is 13.9 Å². The number of hydrogen-bond acceptors (Lipinski definition) is 3. The Morgan fingerprint density at radius 2 is 1.86 bits per heavy atom. The molecule has 2 aliphatic rings. The summed E-state index contributed by atoms with van der Waals surface area (Å²) in [6.45, 7) is 11.1. The maximum atomic E-state index is 4.81. The number of pyridine rings is 1. The highest BCUT2D eigenvalue weighted by atomic mass is 28.3. The monoisotopic (exact) mass is 299 g/mol. The van der Waals surface area contributed by atoms with Gasteiger partial charge in [0, 0.05) is 30.7 Å². The summed E-state index contributed by atoms with van der Waals surface area (Å²) in [6.07, 6.45) is 2.61. The van der Waals surface area contributed by atoms with Gasteiger partial charge in [-0.1, -0.05) is 25.6 Å². The van der Waals surface area contributed by atoms with Gasteiger partial charge < -0.3 is 10.2 Å². The summed E-state index contributed by atoms with van der Waals surface area (Å²) in [5, 5.41) is 3.67. The molecule has 2 saturated heterocycles. The number of nitrogens with zero attached hydrogens (tertiary/aromatic N) is 2. The van der Waals surface area contributed by atoms with Gasteiger partial charge in [-0.15, -0.1) is 5.54 Å². The first-order chi connectivity index (χ1) is 9.90. The SMILES string of the molecule is Cc1nc(N2CC3CCC(C2)N3)ccc1C#C[Si](C)(C)C. The molecular weight excluding hydrogens is 274 g/mol. The van der Waals surface area contributed by atoms with E-state index in [0.717, 1.165) is 30.2 Å². The second-order valence-electron chi connectivity index (χ2n) is 7.35. The summed E-state index contributed by atoms with van der Waals surface area (Å²) in [5.41, 5.74) is 5.57. The predicted octanol–water partition coefficient (Wildman–Crippen LogP) is 2.56. The highest BCUT2D eigenvalue weighted by molar-refractivity contribution is 6.83. The zero-order chi connectivity index (χ0) is 15.0.